The Morgan fingerprint density at radius 3 is 2.65 bits per heavy atom. The summed E-state index contributed by atoms with van der Waals surface area (Å²) in [7, 11) is 0. The van der Waals surface area contributed by atoms with Crippen molar-refractivity contribution in [1.82, 2.24) is 10.3 Å². The van der Waals surface area contributed by atoms with Crippen molar-refractivity contribution in [2.75, 3.05) is 13.1 Å². The molecule has 0 aromatic carbocycles. The van der Waals surface area contributed by atoms with E-state index in [4.69, 9.17) is 0 Å². The average molecular weight is 261 g/mol. The Morgan fingerprint density at radius 2 is 2.18 bits per heavy atom. The van der Waals surface area contributed by atoms with Gasteiger partial charge in [0.25, 0.3) is 5.91 Å². The van der Waals surface area contributed by atoms with Crippen molar-refractivity contribution >= 4 is 22.8 Å². The van der Waals surface area contributed by atoms with Crippen molar-refractivity contribution in [3.05, 3.63) is 10.1 Å². The predicted molar refractivity (Wildman–Crippen MR) is 62.8 cm³/mol. The largest absolute Gasteiger partial charge is 0.311 e. The Morgan fingerprint density at radius 1 is 1.53 bits per heavy atom. The molecular weight excluding hydrogens is 246 g/mol. The van der Waals surface area contributed by atoms with Gasteiger partial charge in [0, 0.05) is 31.7 Å². The van der Waals surface area contributed by atoms with Gasteiger partial charge in [-0.3, -0.25) is 9.59 Å². The van der Waals surface area contributed by atoms with Crippen LogP contribution < -0.4 is 5.32 Å². The van der Waals surface area contributed by atoms with Crippen molar-refractivity contribution in [1.29, 1.82) is 0 Å². The predicted octanol–water partition coefficient (Wildman–Crippen LogP) is 0.0368. The van der Waals surface area contributed by atoms with Crippen LogP contribution in [0.2, 0.25) is 0 Å². The van der Waals surface area contributed by atoms with Crippen LogP contribution >= 0.6 is 11.8 Å². The van der Waals surface area contributed by atoms with Gasteiger partial charge >= 0.3 is 0 Å². The third-order valence-electron chi connectivity index (χ3n) is 2.47. The van der Waals surface area contributed by atoms with Crippen molar-refractivity contribution in [3.63, 3.8) is 0 Å². The van der Waals surface area contributed by atoms with E-state index in [1.54, 1.807) is 0 Å². The van der Waals surface area contributed by atoms with Gasteiger partial charge in [-0.05, 0) is 6.42 Å². The highest BCUT2D eigenvalue weighted by atomic mass is 32.2. The lowest BCUT2D eigenvalue weighted by molar-refractivity contribution is -0.634. The zero-order chi connectivity index (χ0) is 13.0. The van der Waals surface area contributed by atoms with Crippen LogP contribution in [0.5, 0.6) is 0 Å². The van der Waals surface area contributed by atoms with Gasteiger partial charge in [-0.25, -0.2) is 10.1 Å². The molecule has 0 spiro atoms. The van der Waals surface area contributed by atoms with Crippen LogP contribution in [0.3, 0.4) is 0 Å². The van der Waals surface area contributed by atoms with Crippen LogP contribution in [0.25, 0.3) is 0 Å². The van der Waals surface area contributed by atoms with Crippen molar-refractivity contribution in [2.45, 2.75) is 31.6 Å². The van der Waals surface area contributed by atoms with E-state index < -0.39 is 10.9 Å². The van der Waals surface area contributed by atoms with Crippen molar-refractivity contribution < 1.29 is 14.6 Å². The molecule has 96 valence electrons. The van der Waals surface area contributed by atoms with Gasteiger partial charge in [0.15, 0.2) is 10.1 Å². The van der Waals surface area contributed by atoms with Gasteiger partial charge in [-0.1, -0.05) is 16.8 Å². The number of amides is 1. The maximum Gasteiger partial charge on any atom is 0.280 e. The third-order valence-corrected chi connectivity index (χ3v) is 3.49. The molecule has 1 fully saturated rings. The number of rotatable bonds is 4. The summed E-state index contributed by atoms with van der Waals surface area (Å²) >= 11 is 1.23. The summed E-state index contributed by atoms with van der Waals surface area (Å²) in [6.45, 7) is 3.34. The first-order valence-corrected chi connectivity index (χ1v) is 6.11. The molecule has 2 atom stereocenters. The highest BCUT2D eigenvalue weighted by Gasteiger charge is 2.31. The maximum absolute atomic E-state index is 11.0. The molecule has 0 bridgehead atoms. The lowest BCUT2D eigenvalue weighted by Gasteiger charge is -2.15. The van der Waals surface area contributed by atoms with Gasteiger partial charge in [-0.15, -0.1) is 0 Å². The molecule has 0 radical (unpaired) electrons. The van der Waals surface area contributed by atoms with E-state index in [1.165, 1.54) is 25.6 Å². The highest BCUT2D eigenvalue weighted by Crippen LogP contribution is 2.22. The molecule has 0 aromatic heterocycles. The lowest BCUT2D eigenvalue weighted by Crippen LogP contribution is -2.43. The van der Waals surface area contributed by atoms with E-state index in [2.05, 4.69) is 5.32 Å². The number of nitrogens with one attached hydrogen (secondary N) is 1. The minimum Gasteiger partial charge on any atom is -0.311 e. The normalized spacial score (nSPS) is 23.4. The van der Waals surface area contributed by atoms with Crippen LogP contribution in [0.4, 0.5) is 0 Å². The standard InChI is InChI=1S/C9H15N3O4S/c1-6(13)11(12(15)16)5-8-3-9(4-10-8)17-7(2)14/h8-10H,3-5H2,1-2H3. The van der Waals surface area contributed by atoms with E-state index in [0.29, 0.717) is 18.0 Å². The number of thioether (sulfide) groups is 1. The fourth-order valence-corrected chi connectivity index (χ4v) is 2.74. The van der Waals surface area contributed by atoms with Gasteiger partial charge in [0.2, 0.25) is 0 Å². The van der Waals surface area contributed by atoms with Crippen molar-refractivity contribution in [2.24, 2.45) is 0 Å². The van der Waals surface area contributed by atoms with E-state index in [1.807, 2.05) is 0 Å². The van der Waals surface area contributed by atoms with Gasteiger partial charge in [0.1, 0.15) is 6.54 Å². The van der Waals surface area contributed by atoms with Crippen LogP contribution in [0, 0.1) is 10.1 Å². The molecule has 0 aromatic rings. The molecule has 1 saturated heterocycles. The summed E-state index contributed by atoms with van der Waals surface area (Å²) < 4.78 is 0. The van der Waals surface area contributed by atoms with Crippen LogP contribution in [0.1, 0.15) is 20.3 Å². The first-order valence-electron chi connectivity index (χ1n) is 5.23. The molecule has 2 unspecified atom stereocenters. The van der Waals surface area contributed by atoms with Crippen molar-refractivity contribution in [3.8, 4) is 0 Å². The number of nitro groups is 1. The summed E-state index contributed by atoms with van der Waals surface area (Å²) in [4.78, 5) is 32.5. The van der Waals surface area contributed by atoms with E-state index in [-0.39, 0.29) is 23.0 Å². The Bertz CT molecular complexity index is 322. The first kappa shape index (κ1) is 13.9. The third kappa shape index (κ3) is 4.31. The number of hydrazine groups is 1. The summed E-state index contributed by atoms with van der Waals surface area (Å²) in [6.07, 6.45) is 0.655. The molecule has 8 heteroatoms. The Kier molecular flexibility index (Phi) is 4.88. The summed E-state index contributed by atoms with van der Waals surface area (Å²) in [5, 5.41) is 13.8. The highest BCUT2D eigenvalue weighted by molar-refractivity contribution is 8.14. The minimum atomic E-state index is -0.699. The topological polar surface area (TPSA) is 92.6 Å². The van der Waals surface area contributed by atoms with E-state index in [0.717, 1.165) is 0 Å². The fourth-order valence-electron chi connectivity index (χ4n) is 1.76. The molecule has 7 nitrogen and oxygen atoms in total. The van der Waals surface area contributed by atoms with Gasteiger partial charge < -0.3 is 5.32 Å². The average Bonchev–Trinajstić information content (AvgIpc) is 2.59. The van der Waals surface area contributed by atoms with E-state index in [9.17, 15) is 19.7 Å². The molecule has 1 aliphatic rings. The van der Waals surface area contributed by atoms with Crippen LogP contribution in [0.15, 0.2) is 0 Å². The van der Waals surface area contributed by atoms with Crippen LogP contribution in [-0.2, 0) is 9.59 Å². The molecule has 1 aliphatic heterocycles. The molecular formula is C9H15N3O4S. The first-order chi connectivity index (χ1) is 7.90. The molecule has 1 heterocycles. The van der Waals surface area contributed by atoms with Crippen LogP contribution in [-0.4, -0.2) is 45.4 Å². The van der Waals surface area contributed by atoms with Gasteiger partial charge in [0.05, 0.1) is 0 Å². The fraction of sp³-hybridized carbons (Fsp3) is 0.778. The number of carbonyl (C=O) groups is 2. The molecule has 1 N–H and O–H groups in total. The summed E-state index contributed by atoms with van der Waals surface area (Å²) in [5.41, 5.74) is 0. The molecule has 0 saturated carbocycles. The summed E-state index contributed by atoms with van der Waals surface area (Å²) in [5.74, 6) is -0.584. The Balaban J connectivity index is 2.46. The second-order valence-corrected chi connectivity index (χ2v) is 5.39. The number of hydrogen-bond acceptors (Lipinski definition) is 6. The number of nitrogens with zero attached hydrogens (tertiary/aromatic N) is 2. The molecule has 17 heavy (non-hydrogen) atoms. The summed E-state index contributed by atoms with van der Waals surface area (Å²) in [6, 6.07) is -0.124. The maximum atomic E-state index is 11.0. The lowest BCUT2D eigenvalue weighted by atomic mass is 10.2. The molecule has 0 aliphatic carbocycles. The zero-order valence-electron chi connectivity index (χ0n) is 9.71. The van der Waals surface area contributed by atoms with Gasteiger partial charge in [-0.2, -0.15) is 0 Å². The minimum absolute atomic E-state index is 0.0372. The molecule has 1 rings (SSSR count). The SMILES string of the molecule is CC(=O)SC1CNC(CN(C(C)=O)[N+](=O)[O-])C1. The number of carbonyl (C=O) groups excluding carboxylic acids is 2. The monoisotopic (exact) mass is 261 g/mol. The second kappa shape index (κ2) is 5.97. The zero-order valence-corrected chi connectivity index (χ0v) is 10.5. The van der Waals surface area contributed by atoms with E-state index >= 15 is 0 Å². The second-order valence-electron chi connectivity index (χ2n) is 3.91. The molecule has 1 amide bonds. The Hall–Kier alpha value is -1.15. The smallest absolute Gasteiger partial charge is 0.280 e. The Labute approximate surface area is 103 Å². The quantitative estimate of drug-likeness (QED) is 0.567. The number of hydrogen-bond donors (Lipinski definition) is 1.